The number of nitriles is 1. The van der Waals surface area contributed by atoms with Gasteiger partial charge in [-0.1, -0.05) is 12.0 Å². The lowest BCUT2D eigenvalue weighted by Gasteiger charge is -2.33. The molecule has 2 aromatic carbocycles. The van der Waals surface area contributed by atoms with Crippen LogP contribution in [0.25, 0.3) is 10.9 Å². The van der Waals surface area contributed by atoms with Gasteiger partial charge >= 0.3 is 6.18 Å². The molecule has 42 heavy (non-hydrogen) atoms. The smallest absolute Gasteiger partial charge is 0.406 e. The van der Waals surface area contributed by atoms with Gasteiger partial charge in [-0.2, -0.15) is 18.4 Å². The standard InChI is InChI=1S/C30H34F3N5O3S/c1-37(2)22-11-9-21(10-12-22)36-26-7-4-8-28-25(26)18-23(38(28)20-30(31,32)33)6-5-16-35-27-14-13-24(42(3,39)40)19-29(27)41-17-15-34/h4,7-8,13-14,18-19,21-22,35-36H,9-12,16-17,20H2,1-3H3. The predicted molar refractivity (Wildman–Crippen MR) is 157 cm³/mol. The Morgan fingerprint density at radius 1 is 1.10 bits per heavy atom. The minimum absolute atomic E-state index is 0.0268. The van der Waals surface area contributed by atoms with Crippen molar-refractivity contribution in [3.8, 4) is 23.7 Å². The molecule has 1 aliphatic rings. The maximum Gasteiger partial charge on any atom is 0.406 e. The largest absolute Gasteiger partial charge is 0.477 e. The van der Waals surface area contributed by atoms with Crippen LogP contribution in [-0.2, 0) is 16.4 Å². The minimum Gasteiger partial charge on any atom is -0.477 e. The number of sulfone groups is 1. The van der Waals surface area contributed by atoms with E-state index in [1.165, 1.54) is 22.8 Å². The second kappa shape index (κ2) is 13.0. The van der Waals surface area contributed by atoms with Crippen molar-refractivity contribution in [3.05, 3.63) is 48.2 Å². The van der Waals surface area contributed by atoms with Gasteiger partial charge in [0.05, 0.1) is 28.3 Å². The number of ether oxygens (including phenoxy) is 1. The highest BCUT2D eigenvalue weighted by atomic mass is 32.2. The quantitative estimate of drug-likeness (QED) is 0.323. The molecule has 1 saturated carbocycles. The Kier molecular flexibility index (Phi) is 9.60. The van der Waals surface area contributed by atoms with E-state index in [4.69, 9.17) is 10.00 Å². The van der Waals surface area contributed by atoms with Crippen LogP contribution in [0.4, 0.5) is 24.5 Å². The fourth-order valence-electron chi connectivity index (χ4n) is 5.20. The third kappa shape index (κ3) is 7.90. The molecule has 0 amide bonds. The maximum absolute atomic E-state index is 13.6. The zero-order valence-electron chi connectivity index (χ0n) is 23.8. The van der Waals surface area contributed by atoms with Crippen molar-refractivity contribution in [1.82, 2.24) is 9.47 Å². The van der Waals surface area contributed by atoms with E-state index in [2.05, 4.69) is 41.5 Å². The Balaban J connectivity index is 1.58. The van der Waals surface area contributed by atoms with Gasteiger partial charge in [-0.15, -0.1) is 0 Å². The molecule has 8 nitrogen and oxygen atoms in total. The Morgan fingerprint density at radius 3 is 2.48 bits per heavy atom. The van der Waals surface area contributed by atoms with Crippen LogP contribution in [-0.4, -0.2) is 69.6 Å². The first kappa shape index (κ1) is 31.1. The molecule has 0 spiro atoms. The number of hydrogen-bond donors (Lipinski definition) is 2. The molecule has 0 saturated heterocycles. The van der Waals surface area contributed by atoms with Crippen molar-refractivity contribution in [1.29, 1.82) is 5.26 Å². The van der Waals surface area contributed by atoms with Crippen molar-refractivity contribution in [2.24, 2.45) is 0 Å². The lowest BCUT2D eigenvalue weighted by Crippen LogP contribution is -2.36. The third-order valence-corrected chi connectivity index (χ3v) is 8.44. The number of fused-ring (bicyclic) bond motifs is 1. The van der Waals surface area contributed by atoms with Gasteiger partial charge in [0.2, 0.25) is 0 Å². The topological polar surface area (TPSA) is 99.4 Å². The van der Waals surface area contributed by atoms with E-state index in [1.54, 1.807) is 18.2 Å². The number of alkyl halides is 3. The number of anilines is 2. The lowest BCUT2D eigenvalue weighted by atomic mass is 9.90. The van der Waals surface area contributed by atoms with Crippen molar-refractivity contribution in [2.45, 2.75) is 55.4 Å². The van der Waals surface area contributed by atoms with E-state index in [1.807, 2.05) is 12.1 Å². The first-order valence-corrected chi connectivity index (χ1v) is 15.4. The van der Waals surface area contributed by atoms with Crippen LogP contribution in [0.15, 0.2) is 47.4 Å². The van der Waals surface area contributed by atoms with Gasteiger partial charge in [0.1, 0.15) is 18.4 Å². The summed E-state index contributed by atoms with van der Waals surface area (Å²) in [7, 11) is 0.660. The molecule has 0 bridgehead atoms. The summed E-state index contributed by atoms with van der Waals surface area (Å²) in [6.45, 7) is -1.43. The summed E-state index contributed by atoms with van der Waals surface area (Å²) in [6.07, 6.45) is 0.687. The Morgan fingerprint density at radius 2 is 1.83 bits per heavy atom. The highest BCUT2D eigenvalue weighted by Crippen LogP contribution is 2.33. The summed E-state index contributed by atoms with van der Waals surface area (Å²) in [4.78, 5) is 2.26. The number of benzene rings is 2. The van der Waals surface area contributed by atoms with Crippen molar-refractivity contribution < 1.29 is 26.3 Å². The van der Waals surface area contributed by atoms with Gasteiger partial charge in [0, 0.05) is 35.5 Å². The molecule has 1 fully saturated rings. The summed E-state index contributed by atoms with van der Waals surface area (Å²) in [6, 6.07) is 13.8. The van der Waals surface area contributed by atoms with Gasteiger partial charge < -0.3 is 24.8 Å². The second-order valence-electron chi connectivity index (χ2n) is 10.6. The van der Waals surface area contributed by atoms with E-state index in [9.17, 15) is 21.6 Å². The molecule has 2 N–H and O–H groups in total. The number of nitrogens with one attached hydrogen (secondary N) is 2. The van der Waals surface area contributed by atoms with Crippen LogP contribution in [0.5, 0.6) is 5.75 Å². The number of nitrogens with zero attached hydrogens (tertiary/aromatic N) is 3. The molecule has 3 aromatic rings. The Labute approximate surface area is 244 Å². The molecule has 224 valence electrons. The summed E-state index contributed by atoms with van der Waals surface area (Å²) in [5, 5.41) is 16.1. The van der Waals surface area contributed by atoms with Crippen LogP contribution < -0.4 is 15.4 Å². The molecule has 0 unspecified atom stereocenters. The molecule has 0 atom stereocenters. The molecular formula is C30H34F3N5O3S. The molecule has 0 radical (unpaired) electrons. The number of halogens is 3. The normalized spacial score (nSPS) is 17.4. The molecule has 1 aromatic heterocycles. The maximum atomic E-state index is 13.6. The first-order chi connectivity index (χ1) is 19.9. The van der Waals surface area contributed by atoms with Gasteiger partial charge in [-0.3, -0.25) is 0 Å². The van der Waals surface area contributed by atoms with E-state index >= 15 is 0 Å². The van der Waals surface area contributed by atoms with E-state index in [-0.39, 0.29) is 35.5 Å². The zero-order valence-corrected chi connectivity index (χ0v) is 24.6. The van der Waals surface area contributed by atoms with Crippen LogP contribution in [0.2, 0.25) is 0 Å². The first-order valence-electron chi connectivity index (χ1n) is 13.5. The Hall–Kier alpha value is -3.87. The number of rotatable bonds is 9. The van der Waals surface area contributed by atoms with Crippen molar-refractivity contribution in [2.75, 3.05) is 44.1 Å². The van der Waals surface area contributed by atoms with Gasteiger partial charge in [0.15, 0.2) is 16.4 Å². The Bertz CT molecular complexity index is 1620. The van der Waals surface area contributed by atoms with Gasteiger partial charge in [-0.25, -0.2) is 8.42 Å². The molecule has 1 heterocycles. The number of aromatic nitrogens is 1. The van der Waals surface area contributed by atoms with E-state index in [0.717, 1.165) is 37.6 Å². The van der Waals surface area contributed by atoms with Crippen LogP contribution >= 0.6 is 0 Å². The second-order valence-corrected chi connectivity index (χ2v) is 12.6. The molecule has 12 heteroatoms. The van der Waals surface area contributed by atoms with Crippen molar-refractivity contribution in [3.63, 3.8) is 0 Å². The van der Waals surface area contributed by atoms with Crippen LogP contribution in [0, 0.1) is 23.2 Å². The van der Waals surface area contributed by atoms with Crippen molar-refractivity contribution >= 4 is 32.1 Å². The van der Waals surface area contributed by atoms with E-state index < -0.39 is 22.6 Å². The average Bonchev–Trinajstić information content (AvgIpc) is 3.26. The fourth-order valence-corrected chi connectivity index (χ4v) is 5.84. The summed E-state index contributed by atoms with van der Waals surface area (Å²) in [5.74, 6) is 5.89. The zero-order chi connectivity index (χ0) is 30.5. The van der Waals surface area contributed by atoms with Crippen LogP contribution in [0.1, 0.15) is 31.4 Å². The summed E-state index contributed by atoms with van der Waals surface area (Å²) in [5.41, 5.74) is 1.86. The lowest BCUT2D eigenvalue weighted by molar-refractivity contribution is -0.140. The average molecular weight is 602 g/mol. The van der Waals surface area contributed by atoms with E-state index in [0.29, 0.717) is 22.6 Å². The summed E-state index contributed by atoms with van der Waals surface area (Å²) >= 11 is 0. The van der Waals surface area contributed by atoms with Gasteiger partial charge in [-0.05, 0) is 76.0 Å². The highest BCUT2D eigenvalue weighted by molar-refractivity contribution is 7.90. The molecular weight excluding hydrogens is 567 g/mol. The SMILES string of the molecule is CN(C)C1CCC(Nc2cccc3c2cc(C#CCNc2ccc(S(C)(=O)=O)cc2OCC#N)n3CC(F)(F)F)CC1. The van der Waals surface area contributed by atoms with Crippen LogP contribution in [0.3, 0.4) is 0 Å². The van der Waals surface area contributed by atoms with Gasteiger partial charge in [0.25, 0.3) is 0 Å². The monoisotopic (exact) mass is 601 g/mol. The molecule has 1 aliphatic carbocycles. The highest BCUT2D eigenvalue weighted by Gasteiger charge is 2.30. The minimum atomic E-state index is -4.44. The molecule has 0 aliphatic heterocycles. The summed E-state index contributed by atoms with van der Waals surface area (Å²) < 4.78 is 71.2. The number of hydrogen-bond acceptors (Lipinski definition) is 7. The third-order valence-electron chi connectivity index (χ3n) is 7.33. The molecule has 4 rings (SSSR count). The fraction of sp³-hybridized carbons (Fsp3) is 0.433. The predicted octanol–water partition coefficient (Wildman–Crippen LogP) is 5.26.